The van der Waals surface area contributed by atoms with Crippen LogP contribution < -0.4 is 16.0 Å². The quantitative estimate of drug-likeness (QED) is 0.787. The maximum absolute atomic E-state index is 12.4. The van der Waals surface area contributed by atoms with E-state index in [1.807, 2.05) is 49.0 Å². The van der Waals surface area contributed by atoms with Gasteiger partial charge in [-0.25, -0.2) is 4.79 Å². The molecule has 1 aliphatic heterocycles. The molecule has 0 unspecified atom stereocenters. The van der Waals surface area contributed by atoms with Gasteiger partial charge in [0.2, 0.25) is 0 Å². The van der Waals surface area contributed by atoms with Gasteiger partial charge in [-0.3, -0.25) is 0 Å². The molecule has 1 aromatic rings. The Morgan fingerprint density at radius 2 is 2.22 bits per heavy atom. The molecule has 3 N–H and O–H groups in total. The smallest absolute Gasteiger partial charge is 0.317 e. The number of nitrogen functional groups attached to an aromatic ring is 1. The zero-order valence-corrected chi connectivity index (χ0v) is 14.3. The number of ether oxygens (including phenoxy) is 1. The molecule has 1 atom stereocenters. The number of nitrogens with two attached hydrogens (primary N) is 1. The Bertz CT molecular complexity index is 527. The third-order valence-electron chi connectivity index (χ3n) is 4.01. The Kier molecular flexibility index (Phi) is 6.10. The minimum Gasteiger partial charge on any atom is -0.399 e. The van der Waals surface area contributed by atoms with Gasteiger partial charge in [0.1, 0.15) is 0 Å². The van der Waals surface area contributed by atoms with Crippen molar-refractivity contribution < 1.29 is 9.53 Å². The van der Waals surface area contributed by atoms with Gasteiger partial charge in [0.25, 0.3) is 0 Å². The van der Waals surface area contributed by atoms with Gasteiger partial charge in [0, 0.05) is 51.7 Å². The lowest BCUT2D eigenvalue weighted by atomic mass is 10.1. The molecule has 2 amide bonds. The zero-order chi connectivity index (χ0) is 16.8. The SMILES string of the molecule is CCNC(=O)N(Cc1cc(N)ccc1N(C)C)C[C@H]1CCCO1. The molecule has 0 aliphatic carbocycles. The normalized spacial score (nSPS) is 17.1. The number of hydrogen-bond acceptors (Lipinski definition) is 4. The highest BCUT2D eigenvalue weighted by molar-refractivity contribution is 5.74. The fourth-order valence-corrected chi connectivity index (χ4v) is 2.89. The number of anilines is 2. The summed E-state index contributed by atoms with van der Waals surface area (Å²) < 4.78 is 5.69. The molecule has 1 aliphatic rings. The number of urea groups is 1. The van der Waals surface area contributed by atoms with Crippen molar-refractivity contribution in [3.8, 4) is 0 Å². The van der Waals surface area contributed by atoms with Crippen molar-refractivity contribution in [3.63, 3.8) is 0 Å². The van der Waals surface area contributed by atoms with Gasteiger partial charge in [-0.15, -0.1) is 0 Å². The Morgan fingerprint density at radius 3 is 2.83 bits per heavy atom. The molecule has 1 saturated heterocycles. The summed E-state index contributed by atoms with van der Waals surface area (Å²) in [5, 5.41) is 2.89. The largest absolute Gasteiger partial charge is 0.399 e. The zero-order valence-electron chi connectivity index (χ0n) is 14.3. The van der Waals surface area contributed by atoms with E-state index in [0.29, 0.717) is 25.3 Å². The Labute approximate surface area is 138 Å². The number of hydrogen-bond donors (Lipinski definition) is 2. The number of amides is 2. The van der Waals surface area contributed by atoms with Gasteiger partial charge < -0.3 is 25.6 Å². The van der Waals surface area contributed by atoms with E-state index in [0.717, 1.165) is 30.7 Å². The van der Waals surface area contributed by atoms with Crippen molar-refractivity contribution in [2.24, 2.45) is 0 Å². The first-order valence-corrected chi connectivity index (χ1v) is 8.21. The lowest BCUT2D eigenvalue weighted by Crippen LogP contribution is -2.43. The van der Waals surface area contributed by atoms with Gasteiger partial charge in [0.05, 0.1) is 6.10 Å². The predicted octanol–water partition coefficient (Wildman–Crippen LogP) is 2.05. The number of nitrogens with zero attached hydrogens (tertiary/aromatic N) is 2. The molecule has 1 aromatic carbocycles. The monoisotopic (exact) mass is 320 g/mol. The van der Waals surface area contributed by atoms with Crippen LogP contribution in [0.25, 0.3) is 0 Å². The van der Waals surface area contributed by atoms with Gasteiger partial charge in [-0.05, 0) is 43.5 Å². The van der Waals surface area contributed by atoms with E-state index >= 15 is 0 Å². The second-order valence-corrected chi connectivity index (χ2v) is 6.13. The molecule has 2 rings (SSSR count). The van der Waals surface area contributed by atoms with Gasteiger partial charge in [-0.2, -0.15) is 0 Å². The summed E-state index contributed by atoms with van der Waals surface area (Å²) in [7, 11) is 3.98. The number of nitrogens with one attached hydrogen (secondary N) is 1. The van der Waals surface area contributed by atoms with Crippen LogP contribution in [0.15, 0.2) is 18.2 Å². The molecule has 128 valence electrons. The van der Waals surface area contributed by atoms with Crippen LogP contribution in [0.5, 0.6) is 0 Å². The highest BCUT2D eigenvalue weighted by Crippen LogP contribution is 2.24. The van der Waals surface area contributed by atoms with Gasteiger partial charge in [-0.1, -0.05) is 0 Å². The number of carbonyl (C=O) groups is 1. The summed E-state index contributed by atoms with van der Waals surface area (Å²) in [6.07, 6.45) is 2.20. The van der Waals surface area contributed by atoms with Crippen molar-refractivity contribution in [1.82, 2.24) is 10.2 Å². The molecule has 1 fully saturated rings. The first-order valence-electron chi connectivity index (χ1n) is 8.21. The molecule has 0 aromatic heterocycles. The van der Waals surface area contributed by atoms with Crippen LogP contribution in [-0.4, -0.2) is 50.8 Å². The van der Waals surface area contributed by atoms with Crippen LogP contribution in [0.1, 0.15) is 25.3 Å². The van der Waals surface area contributed by atoms with Crippen molar-refractivity contribution in [2.75, 3.05) is 44.4 Å². The van der Waals surface area contributed by atoms with Gasteiger partial charge >= 0.3 is 6.03 Å². The molecule has 0 saturated carbocycles. The first kappa shape index (κ1) is 17.4. The maximum atomic E-state index is 12.4. The van der Waals surface area contributed by atoms with Crippen molar-refractivity contribution in [3.05, 3.63) is 23.8 Å². The molecule has 6 heteroatoms. The Balaban J connectivity index is 2.18. The third-order valence-corrected chi connectivity index (χ3v) is 4.01. The van der Waals surface area contributed by atoms with E-state index in [1.54, 1.807) is 0 Å². The van der Waals surface area contributed by atoms with Crippen LogP contribution in [-0.2, 0) is 11.3 Å². The van der Waals surface area contributed by atoms with E-state index in [2.05, 4.69) is 5.32 Å². The van der Waals surface area contributed by atoms with Crippen LogP contribution in [0.3, 0.4) is 0 Å². The summed E-state index contributed by atoms with van der Waals surface area (Å²) >= 11 is 0. The Hall–Kier alpha value is -1.95. The number of benzene rings is 1. The van der Waals surface area contributed by atoms with Crippen molar-refractivity contribution >= 4 is 17.4 Å². The standard InChI is InChI=1S/C17H28N4O2/c1-4-19-17(22)21(12-15-6-5-9-23-15)11-13-10-14(18)7-8-16(13)20(2)3/h7-8,10,15H,4-6,9,11-12,18H2,1-3H3,(H,19,22)/t15-/m1/s1. The van der Waals surface area contributed by atoms with E-state index in [-0.39, 0.29) is 12.1 Å². The minimum absolute atomic E-state index is 0.0601. The molecule has 1 heterocycles. The maximum Gasteiger partial charge on any atom is 0.317 e. The fourth-order valence-electron chi connectivity index (χ4n) is 2.89. The van der Waals surface area contributed by atoms with Crippen LogP contribution in [0.2, 0.25) is 0 Å². The predicted molar refractivity (Wildman–Crippen MR) is 93.6 cm³/mol. The lowest BCUT2D eigenvalue weighted by Gasteiger charge is -2.28. The molecule has 23 heavy (non-hydrogen) atoms. The minimum atomic E-state index is -0.0601. The van der Waals surface area contributed by atoms with Gasteiger partial charge in [0.15, 0.2) is 0 Å². The molecule has 0 radical (unpaired) electrons. The van der Waals surface area contributed by atoms with Crippen LogP contribution in [0.4, 0.5) is 16.2 Å². The molecule has 6 nitrogen and oxygen atoms in total. The van der Waals surface area contributed by atoms with E-state index in [1.165, 1.54) is 0 Å². The molecule has 0 spiro atoms. The molecular weight excluding hydrogens is 292 g/mol. The third kappa shape index (κ3) is 4.76. The molecular formula is C17H28N4O2. The summed E-state index contributed by atoms with van der Waals surface area (Å²) in [6.45, 7) is 4.44. The fraction of sp³-hybridized carbons (Fsp3) is 0.588. The second kappa shape index (κ2) is 8.06. The average molecular weight is 320 g/mol. The summed E-state index contributed by atoms with van der Waals surface area (Å²) in [4.78, 5) is 16.3. The van der Waals surface area contributed by atoms with E-state index < -0.39 is 0 Å². The average Bonchev–Trinajstić information content (AvgIpc) is 2.99. The van der Waals surface area contributed by atoms with Crippen LogP contribution in [0, 0.1) is 0 Å². The summed E-state index contributed by atoms with van der Waals surface area (Å²) in [5.41, 5.74) is 8.76. The first-order chi connectivity index (χ1) is 11.0. The lowest BCUT2D eigenvalue weighted by molar-refractivity contribution is 0.0796. The number of rotatable bonds is 6. The van der Waals surface area contributed by atoms with E-state index in [9.17, 15) is 4.79 Å². The topological polar surface area (TPSA) is 70.8 Å². The Morgan fingerprint density at radius 1 is 1.43 bits per heavy atom. The van der Waals surface area contributed by atoms with Crippen molar-refractivity contribution in [2.45, 2.75) is 32.4 Å². The highest BCUT2D eigenvalue weighted by Gasteiger charge is 2.23. The summed E-state index contributed by atoms with van der Waals surface area (Å²) in [6, 6.07) is 5.76. The highest BCUT2D eigenvalue weighted by atomic mass is 16.5. The summed E-state index contributed by atoms with van der Waals surface area (Å²) in [5.74, 6) is 0. The van der Waals surface area contributed by atoms with Crippen molar-refractivity contribution in [1.29, 1.82) is 0 Å². The van der Waals surface area contributed by atoms with E-state index in [4.69, 9.17) is 10.5 Å². The van der Waals surface area contributed by atoms with Crippen LogP contribution >= 0.6 is 0 Å². The molecule has 0 bridgehead atoms. The number of carbonyl (C=O) groups excluding carboxylic acids is 1. The second-order valence-electron chi connectivity index (χ2n) is 6.13.